The first-order valence-electron chi connectivity index (χ1n) is 9.53. The quantitative estimate of drug-likeness (QED) is 0.836. The van der Waals surface area contributed by atoms with E-state index in [1.165, 1.54) is 37.7 Å². The molecular formula is C20H28N2O2. The summed E-state index contributed by atoms with van der Waals surface area (Å²) in [5.41, 5.74) is 2.07. The van der Waals surface area contributed by atoms with Gasteiger partial charge in [-0.15, -0.1) is 0 Å². The van der Waals surface area contributed by atoms with Crippen LogP contribution in [0.3, 0.4) is 0 Å². The van der Waals surface area contributed by atoms with E-state index in [0.717, 1.165) is 44.1 Å². The Labute approximate surface area is 144 Å². The van der Waals surface area contributed by atoms with E-state index >= 15 is 0 Å². The Balaban J connectivity index is 1.34. The summed E-state index contributed by atoms with van der Waals surface area (Å²) in [6, 6.07) is 9.30. The van der Waals surface area contributed by atoms with Crippen LogP contribution in [-0.4, -0.2) is 42.1 Å². The Kier molecular flexibility index (Phi) is 4.86. The van der Waals surface area contributed by atoms with Crippen molar-refractivity contribution in [2.75, 3.05) is 13.2 Å². The number of amides is 1. The van der Waals surface area contributed by atoms with Crippen molar-refractivity contribution < 1.29 is 9.53 Å². The van der Waals surface area contributed by atoms with Crippen LogP contribution in [0.15, 0.2) is 24.3 Å². The molecule has 0 bridgehead atoms. The van der Waals surface area contributed by atoms with Crippen LogP contribution in [0.2, 0.25) is 0 Å². The molecule has 4 nitrogen and oxygen atoms in total. The van der Waals surface area contributed by atoms with Gasteiger partial charge >= 0.3 is 0 Å². The molecule has 1 atom stereocenters. The van der Waals surface area contributed by atoms with Crippen molar-refractivity contribution in [3.05, 3.63) is 35.4 Å². The van der Waals surface area contributed by atoms with Gasteiger partial charge in [-0.1, -0.05) is 12.1 Å². The molecule has 1 amide bonds. The van der Waals surface area contributed by atoms with Crippen molar-refractivity contribution in [3.63, 3.8) is 0 Å². The van der Waals surface area contributed by atoms with E-state index in [9.17, 15) is 4.79 Å². The molecule has 0 radical (unpaired) electrons. The fraction of sp³-hybridized carbons (Fsp3) is 0.650. The fourth-order valence-electron chi connectivity index (χ4n) is 3.49. The van der Waals surface area contributed by atoms with E-state index in [-0.39, 0.29) is 5.91 Å². The van der Waals surface area contributed by atoms with E-state index in [4.69, 9.17) is 4.74 Å². The van der Waals surface area contributed by atoms with Gasteiger partial charge in [-0.2, -0.15) is 0 Å². The highest BCUT2D eigenvalue weighted by Gasteiger charge is 2.31. The molecule has 4 rings (SSSR count). The molecule has 3 aliphatic rings. The standard InChI is InChI=1S/C20H28N2O2/c23-20(21-17-8-9-17)16-6-4-15(5-7-16)13-22(18-10-11-18)14-19-3-1-2-12-24-19/h4-7,17-19H,1-3,8-14H2,(H,21,23). The van der Waals surface area contributed by atoms with Crippen molar-refractivity contribution >= 4 is 5.91 Å². The topological polar surface area (TPSA) is 41.6 Å². The number of carbonyl (C=O) groups is 1. The first-order chi connectivity index (χ1) is 11.8. The maximum Gasteiger partial charge on any atom is 0.251 e. The SMILES string of the molecule is O=C(NC1CC1)c1ccc(CN(CC2CCCCO2)C2CC2)cc1. The first-order valence-corrected chi connectivity index (χ1v) is 9.53. The highest BCUT2D eigenvalue weighted by atomic mass is 16.5. The zero-order valence-electron chi connectivity index (χ0n) is 14.4. The van der Waals surface area contributed by atoms with Crippen molar-refractivity contribution in [2.24, 2.45) is 0 Å². The van der Waals surface area contributed by atoms with Crippen molar-refractivity contribution in [2.45, 2.75) is 69.7 Å². The number of nitrogens with one attached hydrogen (secondary N) is 1. The average molecular weight is 328 g/mol. The molecule has 3 fully saturated rings. The van der Waals surface area contributed by atoms with Gasteiger partial charge in [0.05, 0.1) is 6.10 Å². The number of hydrogen-bond donors (Lipinski definition) is 1. The molecule has 1 aromatic carbocycles. The highest BCUT2D eigenvalue weighted by Crippen LogP contribution is 2.30. The highest BCUT2D eigenvalue weighted by molar-refractivity contribution is 5.94. The molecule has 1 N–H and O–H groups in total. The predicted octanol–water partition coefficient (Wildman–Crippen LogP) is 3.11. The Morgan fingerprint density at radius 3 is 2.50 bits per heavy atom. The van der Waals surface area contributed by atoms with Crippen molar-refractivity contribution in [1.82, 2.24) is 10.2 Å². The molecule has 4 heteroatoms. The molecule has 2 saturated carbocycles. The van der Waals surface area contributed by atoms with Gasteiger partial charge in [0.2, 0.25) is 0 Å². The lowest BCUT2D eigenvalue weighted by atomic mass is 10.1. The van der Waals surface area contributed by atoms with Gasteiger partial charge in [-0.05, 0) is 62.6 Å². The van der Waals surface area contributed by atoms with E-state index < -0.39 is 0 Å². The summed E-state index contributed by atoms with van der Waals surface area (Å²) in [6.07, 6.45) is 9.00. The Morgan fingerprint density at radius 1 is 1.08 bits per heavy atom. The fourth-order valence-corrected chi connectivity index (χ4v) is 3.49. The summed E-state index contributed by atoms with van der Waals surface area (Å²) < 4.78 is 5.92. The van der Waals surface area contributed by atoms with Gasteiger partial charge in [0.15, 0.2) is 0 Å². The molecule has 1 saturated heterocycles. The molecule has 0 aromatic heterocycles. The molecule has 1 heterocycles. The van der Waals surface area contributed by atoms with E-state index in [2.05, 4.69) is 22.3 Å². The Hall–Kier alpha value is -1.39. The smallest absolute Gasteiger partial charge is 0.251 e. The maximum atomic E-state index is 12.1. The summed E-state index contributed by atoms with van der Waals surface area (Å²) >= 11 is 0. The van der Waals surface area contributed by atoms with Gasteiger partial charge < -0.3 is 10.1 Å². The van der Waals surface area contributed by atoms with Crippen molar-refractivity contribution in [1.29, 1.82) is 0 Å². The number of rotatable bonds is 7. The van der Waals surface area contributed by atoms with Crippen LogP contribution in [0.1, 0.15) is 60.9 Å². The third kappa shape index (κ3) is 4.37. The normalized spacial score (nSPS) is 24.1. The van der Waals surface area contributed by atoms with Gasteiger partial charge in [-0.25, -0.2) is 0 Å². The van der Waals surface area contributed by atoms with Gasteiger partial charge in [-0.3, -0.25) is 9.69 Å². The molecule has 130 valence electrons. The van der Waals surface area contributed by atoms with E-state index in [0.29, 0.717) is 12.1 Å². The van der Waals surface area contributed by atoms with Crippen LogP contribution in [-0.2, 0) is 11.3 Å². The second-order valence-electron chi connectivity index (χ2n) is 7.59. The summed E-state index contributed by atoms with van der Waals surface area (Å²) in [6.45, 7) is 2.94. The van der Waals surface area contributed by atoms with Crippen LogP contribution in [0.5, 0.6) is 0 Å². The second-order valence-corrected chi connectivity index (χ2v) is 7.59. The van der Waals surface area contributed by atoms with Crippen LogP contribution >= 0.6 is 0 Å². The number of benzene rings is 1. The summed E-state index contributed by atoms with van der Waals surface area (Å²) in [5, 5.41) is 3.05. The Bertz CT molecular complexity index is 558. The zero-order valence-corrected chi connectivity index (χ0v) is 14.4. The molecule has 1 unspecified atom stereocenters. The van der Waals surface area contributed by atoms with Gasteiger partial charge in [0.1, 0.15) is 0 Å². The Morgan fingerprint density at radius 2 is 1.88 bits per heavy atom. The minimum atomic E-state index is 0.0682. The third-order valence-electron chi connectivity index (χ3n) is 5.29. The second kappa shape index (κ2) is 7.24. The molecule has 1 aliphatic heterocycles. The number of hydrogen-bond acceptors (Lipinski definition) is 3. The van der Waals surface area contributed by atoms with Crippen LogP contribution in [0.25, 0.3) is 0 Å². The lowest BCUT2D eigenvalue weighted by Gasteiger charge is -2.30. The summed E-state index contributed by atoms with van der Waals surface area (Å²) in [4.78, 5) is 14.7. The maximum absolute atomic E-state index is 12.1. The van der Waals surface area contributed by atoms with Crippen LogP contribution in [0.4, 0.5) is 0 Å². The van der Waals surface area contributed by atoms with E-state index in [1.54, 1.807) is 0 Å². The van der Waals surface area contributed by atoms with Crippen LogP contribution in [0, 0.1) is 0 Å². The largest absolute Gasteiger partial charge is 0.377 e. The zero-order chi connectivity index (χ0) is 16.4. The minimum Gasteiger partial charge on any atom is -0.377 e. The number of carbonyl (C=O) groups excluding carboxylic acids is 1. The molecule has 1 aromatic rings. The van der Waals surface area contributed by atoms with Gasteiger partial charge in [0, 0.05) is 37.3 Å². The monoisotopic (exact) mass is 328 g/mol. The minimum absolute atomic E-state index is 0.0682. The molecule has 0 spiro atoms. The molecule has 2 aliphatic carbocycles. The van der Waals surface area contributed by atoms with Gasteiger partial charge in [0.25, 0.3) is 5.91 Å². The summed E-state index contributed by atoms with van der Waals surface area (Å²) in [7, 11) is 0. The lowest BCUT2D eigenvalue weighted by molar-refractivity contribution is -0.00879. The number of ether oxygens (including phenoxy) is 1. The predicted molar refractivity (Wildman–Crippen MR) is 94.0 cm³/mol. The molecular weight excluding hydrogens is 300 g/mol. The van der Waals surface area contributed by atoms with Crippen LogP contribution < -0.4 is 5.32 Å². The first kappa shape index (κ1) is 16.1. The van der Waals surface area contributed by atoms with Crippen molar-refractivity contribution in [3.8, 4) is 0 Å². The summed E-state index contributed by atoms with van der Waals surface area (Å²) in [5.74, 6) is 0.0682. The lowest BCUT2D eigenvalue weighted by Crippen LogP contribution is -2.36. The number of nitrogens with zero attached hydrogens (tertiary/aromatic N) is 1. The molecule has 24 heavy (non-hydrogen) atoms. The average Bonchev–Trinajstić information content (AvgIpc) is 3.50. The third-order valence-corrected chi connectivity index (χ3v) is 5.29. The van der Waals surface area contributed by atoms with E-state index in [1.807, 2.05) is 12.1 Å².